The first-order chi connectivity index (χ1) is 5.54. The van der Waals surface area contributed by atoms with E-state index in [1.165, 1.54) is 0 Å². The van der Waals surface area contributed by atoms with E-state index in [0.717, 1.165) is 0 Å². The van der Waals surface area contributed by atoms with Gasteiger partial charge in [-0.25, -0.2) is 0 Å². The second-order valence-electron chi connectivity index (χ2n) is 3.70. The molecule has 0 saturated carbocycles. The number of rotatable bonds is 5. The molecule has 0 rings (SSSR count). The smallest absolute Gasteiger partial charge is 0.0598 e. The van der Waals surface area contributed by atoms with E-state index >= 15 is 0 Å². The Morgan fingerprint density at radius 1 is 0.750 bits per heavy atom. The first kappa shape index (κ1) is 11.9. The lowest BCUT2D eigenvalue weighted by Gasteiger charge is -2.30. The second kappa shape index (κ2) is 5.55. The van der Waals surface area contributed by atoms with E-state index in [0.29, 0.717) is 11.8 Å². The van der Waals surface area contributed by atoms with Gasteiger partial charge in [0.15, 0.2) is 0 Å². The van der Waals surface area contributed by atoms with Crippen molar-refractivity contribution in [3.05, 3.63) is 0 Å². The van der Waals surface area contributed by atoms with Crippen LogP contribution in [0.3, 0.4) is 0 Å². The van der Waals surface area contributed by atoms with Crippen LogP contribution in [0, 0.1) is 11.8 Å². The van der Waals surface area contributed by atoms with Crippen molar-refractivity contribution in [2.75, 3.05) is 14.2 Å². The molecule has 0 amide bonds. The SMILES string of the molecule is COC(C)C(C(C)C)C(C)OC. The minimum absolute atomic E-state index is 0.264. The van der Waals surface area contributed by atoms with Gasteiger partial charge < -0.3 is 9.47 Å². The van der Waals surface area contributed by atoms with Gasteiger partial charge in [-0.05, 0) is 19.8 Å². The molecule has 0 aromatic heterocycles. The zero-order chi connectivity index (χ0) is 9.72. The largest absolute Gasteiger partial charge is 0.381 e. The molecule has 0 aromatic rings. The van der Waals surface area contributed by atoms with Gasteiger partial charge in [-0.1, -0.05) is 13.8 Å². The Balaban J connectivity index is 4.21. The van der Waals surface area contributed by atoms with Crippen LogP contribution in [0.15, 0.2) is 0 Å². The second-order valence-corrected chi connectivity index (χ2v) is 3.70. The van der Waals surface area contributed by atoms with Crippen LogP contribution in [0.5, 0.6) is 0 Å². The number of hydrogen-bond donors (Lipinski definition) is 0. The topological polar surface area (TPSA) is 18.5 Å². The average Bonchev–Trinajstić information content (AvgIpc) is 2.03. The Morgan fingerprint density at radius 3 is 1.25 bits per heavy atom. The number of methoxy groups -OCH3 is 2. The predicted octanol–water partition coefficient (Wildman–Crippen LogP) is 2.33. The molecular formula is C10H22O2. The first-order valence-corrected chi connectivity index (χ1v) is 4.60. The van der Waals surface area contributed by atoms with Gasteiger partial charge in [-0.2, -0.15) is 0 Å². The van der Waals surface area contributed by atoms with Crippen molar-refractivity contribution >= 4 is 0 Å². The number of ether oxygens (including phenoxy) is 2. The van der Waals surface area contributed by atoms with E-state index in [-0.39, 0.29) is 12.2 Å². The van der Waals surface area contributed by atoms with Gasteiger partial charge in [-0.15, -0.1) is 0 Å². The summed E-state index contributed by atoms with van der Waals surface area (Å²) in [6.45, 7) is 8.60. The fraction of sp³-hybridized carbons (Fsp3) is 1.00. The predicted molar refractivity (Wildman–Crippen MR) is 51.3 cm³/mol. The summed E-state index contributed by atoms with van der Waals surface area (Å²) < 4.78 is 10.6. The van der Waals surface area contributed by atoms with Crippen LogP contribution >= 0.6 is 0 Å². The zero-order valence-electron chi connectivity index (χ0n) is 9.13. The Hall–Kier alpha value is -0.0800. The third-order valence-electron chi connectivity index (χ3n) is 2.60. The lowest BCUT2D eigenvalue weighted by molar-refractivity contribution is -0.0362. The van der Waals surface area contributed by atoms with Crippen molar-refractivity contribution in [2.24, 2.45) is 11.8 Å². The van der Waals surface area contributed by atoms with Crippen LogP contribution in [-0.2, 0) is 9.47 Å². The van der Waals surface area contributed by atoms with Gasteiger partial charge in [0.2, 0.25) is 0 Å². The van der Waals surface area contributed by atoms with Crippen LogP contribution in [0.2, 0.25) is 0 Å². The molecule has 0 saturated heterocycles. The molecule has 0 heterocycles. The van der Waals surface area contributed by atoms with E-state index in [2.05, 4.69) is 27.7 Å². The number of hydrogen-bond acceptors (Lipinski definition) is 2. The third kappa shape index (κ3) is 3.11. The van der Waals surface area contributed by atoms with Gasteiger partial charge >= 0.3 is 0 Å². The molecule has 12 heavy (non-hydrogen) atoms. The Morgan fingerprint density at radius 2 is 1.08 bits per heavy atom. The molecule has 2 nitrogen and oxygen atoms in total. The molecular weight excluding hydrogens is 152 g/mol. The molecule has 0 aliphatic heterocycles. The van der Waals surface area contributed by atoms with Crippen LogP contribution in [-0.4, -0.2) is 26.4 Å². The molecule has 0 aromatic carbocycles. The monoisotopic (exact) mass is 174 g/mol. The van der Waals surface area contributed by atoms with E-state index in [1.807, 2.05) is 0 Å². The van der Waals surface area contributed by atoms with Crippen molar-refractivity contribution in [1.82, 2.24) is 0 Å². The molecule has 0 fully saturated rings. The van der Waals surface area contributed by atoms with Crippen molar-refractivity contribution < 1.29 is 9.47 Å². The summed E-state index contributed by atoms with van der Waals surface area (Å²) >= 11 is 0. The lowest BCUT2D eigenvalue weighted by atomic mass is 9.86. The van der Waals surface area contributed by atoms with Crippen molar-refractivity contribution in [3.8, 4) is 0 Å². The highest BCUT2D eigenvalue weighted by Crippen LogP contribution is 2.22. The molecule has 74 valence electrons. The highest BCUT2D eigenvalue weighted by Gasteiger charge is 2.26. The van der Waals surface area contributed by atoms with Crippen LogP contribution in [0.25, 0.3) is 0 Å². The fourth-order valence-corrected chi connectivity index (χ4v) is 1.78. The molecule has 0 aliphatic rings. The van der Waals surface area contributed by atoms with E-state index in [1.54, 1.807) is 14.2 Å². The van der Waals surface area contributed by atoms with Gasteiger partial charge in [0.05, 0.1) is 12.2 Å². The van der Waals surface area contributed by atoms with Gasteiger partial charge in [0.1, 0.15) is 0 Å². The molecule has 0 N–H and O–H groups in total. The van der Waals surface area contributed by atoms with Gasteiger partial charge in [-0.3, -0.25) is 0 Å². The molecule has 0 spiro atoms. The quantitative estimate of drug-likeness (QED) is 0.637. The normalized spacial score (nSPS) is 19.2. The maximum absolute atomic E-state index is 5.32. The van der Waals surface area contributed by atoms with E-state index in [9.17, 15) is 0 Å². The maximum atomic E-state index is 5.32. The van der Waals surface area contributed by atoms with Crippen LogP contribution < -0.4 is 0 Å². The fourth-order valence-electron chi connectivity index (χ4n) is 1.78. The standard InChI is InChI=1S/C10H22O2/c1-7(2)10(8(3)11-5)9(4)12-6/h7-10H,1-6H3. The first-order valence-electron chi connectivity index (χ1n) is 4.60. The molecule has 2 atom stereocenters. The van der Waals surface area contributed by atoms with Crippen LogP contribution in [0.4, 0.5) is 0 Å². The molecule has 2 heteroatoms. The van der Waals surface area contributed by atoms with E-state index in [4.69, 9.17) is 9.47 Å². The Bertz CT molecular complexity index is 102. The van der Waals surface area contributed by atoms with Gasteiger partial charge in [0, 0.05) is 20.1 Å². The summed E-state index contributed by atoms with van der Waals surface area (Å²) in [6.07, 6.45) is 0.528. The summed E-state index contributed by atoms with van der Waals surface area (Å²) in [5.41, 5.74) is 0. The minimum Gasteiger partial charge on any atom is -0.381 e. The Kier molecular flexibility index (Phi) is 5.51. The summed E-state index contributed by atoms with van der Waals surface area (Å²) in [5, 5.41) is 0. The summed E-state index contributed by atoms with van der Waals surface area (Å²) in [4.78, 5) is 0. The molecule has 0 aliphatic carbocycles. The van der Waals surface area contributed by atoms with Crippen molar-refractivity contribution in [3.63, 3.8) is 0 Å². The highest BCUT2D eigenvalue weighted by molar-refractivity contribution is 4.75. The average molecular weight is 174 g/mol. The third-order valence-corrected chi connectivity index (χ3v) is 2.60. The molecule has 0 radical (unpaired) electrons. The van der Waals surface area contributed by atoms with Crippen molar-refractivity contribution in [1.29, 1.82) is 0 Å². The van der Waals surface area contributed by atoms with Crippen LogP contribution in [0.1, 0.15) is 27.7 Å². The zero-order valence-corrected chi connectivity index (χ0v) is 9.13. The van der Waals surface area contributed by atoms with E-state index < -0.39 is 0 Å². The molecule has 0 bridgehead atoms. The summed E-state index contributed by atoms with van der Waals surface area (Å²) in [5.74, 6) is 1.06. The summed E-state index contributed by atoms with van der Waals surface area (Å²) in [7, 11) is 3.50. The highest BCUT2D eigenvalue weighted by atomic mass is 16.5. The lowest BCUT2D eigenvalue weighted by Crippen LogP contribution is -2.34. The van der Waals surface area contributed by atoms with Crippen molar-refractivity contribution in [2.45, 2.75) is 39.9 Å². The molecule has 2 unspecified atom stereocenters. The van der Waals surface area contributed by atoms with Gasteiger partial charge in [0.25, 0.3) is 0 Å². The summed E-state index contributed by atoms with van der Waals surface area (Å²) in [6, 6.07) is 0. The Labute approximate surface area is 76.3 Å². The maximum Gasteiger partial charge on any atom is 0.0598 e. The minimum atomic E-state index is 0.264.